The summed E-state index contributed by atoms with van der Waals surface area (Å²) in [5.41, 5.74) is 1.03. The van der Waals surface area contributed by atoms with Gasteiger partial charge in [-0.2, -0.15) is 0 Å². The number of carbonyl (C=O) groups excluding carboxylic acids is 1. The molecule has 0 aliphatic heterocycles. The minimum atomic E-state index is -0.782. The summed E-state index contributed by atoms with van der Waals surface area (Å²) in [6.45, 7) is 0.486. The van der Waals surface area contributed by atoms with E-state index in [0.717, 1.165) is 22.9 Å². The van der Waals surface area contributed by atoms with E-state index in [1.165, 1.54) is 0 Å². The summed E-state index contributed by atoms with van der Waals surface area (Å²) in [6.07, 6.45) is 2.75. The van der Waals surface area contributed by atoms with E-state index in [0.29, 0.717) is 19.4 Å². The minimum Gasteiger partial charge on any atom is -0.481 e. The molecule has 0 saturated heterocycles. The zero-order valence-electron chi connectivity index (χ0n) is 11.1. The van der Waals surface area contributed by atoms with E-state index in [9.17, 15) is 9.59 Å². The van der Waals surface area contributed by atoms with Crippen molar-refractivity contribution in [2.24, 2.45) is 11.8 Å². The molecule has 1 fully saturated rings. The van der Waals surface area contributed by atoms with Crippen molar-refractivity contribution in [3.8, 4) is 0 Å². The quantitative estimate of drug-likeness (QED) is 0.886. The first kappa shape index (κ1) is 15.0. The number of carboxylic acid groups (broad SMARTS) is 1. The third-order valence-corrected chi connectivity index (χ3v) is 4.30. The molecule has 0 aromatic heterocycles. The highest BCUT2D eigenvalue weighted by molar-refractivity contribution is 9.10. The fourth-order valence-electron chi connectivity index (χ4n) is 2.59. The van der Waals surface area contributed by atoms with Crippen LogP contribution in [0.3, 0.4) is 0 Å². The Morgan fingerprint density at radius 1 is 1.20 bits per heavy atom. The third-order valence-electron chi connectivity index (χ3n) is 3.77. The molecule has 0 bridgehead atoms. The Morgan fingerprint density at radius 2 is 1.85 bits per heavy atom. The SMILES string of the molecule is O=C(O)[C@@H]1CCC[C@H](C(=O)NCc2ccc(Br)cc2)C1. The number of carboxylic acids is 1. The minimum absolute atomic E-state index is 0.0288. The fourth-order valence-corrected chi connectivity index (χ4v) is 2.85. The van der Waals surface area contributed by atoms with E-state index in [4.69, 9.17) is 5.11 Å². The second-order valence-electron chi connectivity index (χ2n) is 5.24. The molecular formula is C15H18BrNO3. The summed E-state index contributed by atoms with van der Waals surface area (Å²) >= 11 is 3.37. The van der Waals surface area contributed by atoms with E-state index in [2.05, 4.69) is 21.2 Å². The molecule has 20 heavy (non-hydrogen) atoms. The van der Waals surface area contributed by atoms with Crippen LogP contribution in [0.15, 0.2) is 28.7 Å². The van der Waals surface area contributed by atoms with Crippen LogP contribution in [0.25, 0.3) is 0 Å². The van der Waals surface area contributed by atoms with Crippen molar-refractivity contribution in [3.63, 3.8) is 0 Å². The number of hydrogen-bond donors (Lipinski definition) is 2. The molecule has 4 nitrogen and oxygen atoms in total. The summed E-state index contributed by atoms with van der Waals surface area (Å²) in [5, 5.41) is 11.9. The number of nitrogens with one attached hydrogen (secondary N) is 1. The van der Waals surface area contributed by atoms with Gasteiger partial charge in [0.1, 0.15) is 0 Å². The van der Waals surface area contributed by atoms with E-state index in [1.807, 2.05) is 24.3 Å². The number of carbonyl (C=O) groups is 2. The smallest absolute Gasteiger partial charge is 0.306 e. The molecule has 1 aromatic rings. The molecule has 108 valence electrons. The van der Waals surface area contributed by atoms with Crippen molar-refractivity contribution in [1.29, 1.82) is 0 Å². The van der Waals surface area contributed by atoms with Gasteiger partial charge in [0.25, 0.3) is 0 Å². The zero-order chi connectivity index (χ0) is 14.5. The van der Waals surface area contributed by atoms with Crippen LogP contribution in [0, 0.1) is 11.8 Å². The number of benzene rings is 1. The predicted molar refractivity (Wildman–Crippen MR) is 79.1 cm³/mol. The Bertz CT molecular complexity index is 486. The summed E-state index contributed by atoms with van der Waals surface area (Å²) < 4.78 is 1.00. The summed E-state index contributed by atoms with van der Waals surface area (Å²) in [7, 11) is 0. The maximum absolute atomic E-state index is 12.1. The van der Waals surface area contributed by atoms with Gasteiger partial charge in [0.15, 0.2) is 0 Å². The molecular weight excluding hydrogens is 322 g/mol. The van der Waals surface area contributed by atoms with E-state index >= 15 is 0 Å². The van der Waals surface area contributed by atoms with E-state index < -0.39 is 5.97 Å². The predicted octanol–water partition coefficient (Wildman–Crippen LogP) is 2.96. The van der Waals surface area contributed by atoms with Crippen LogP contribution in [0.5, 0.6) is 0 Å². The average Bonchev–Trinajstić information content (AvgIpc) is 2.46. The Hall–Kier alpha value is -1.36. The molecule has 1 aliphatic carbocycles. The number of halogens is 1. The van der Waals surface area contributed by atoms with Gasteiger partial charge in [-0.15, -0.1) is 0 Å². The van der Waals surface area contributed by atoms with Crippen LogP contribution in [0.1, 0.15) is 31.2 Å². The lowest BCUT2D eigenvalue weighted by molar-refractivity contribution is -0.144. The highest BCUT2D eigenvalue weighted by Gasteiger charge is 2.30. The van der Waals surface area contributed by atoms with Crippen LogP contribution in [0.2, 0.25) is 0 Å². The molecule has 0 radical (unpaired) electrons. The molecule has 1 saturated carbocycles. The topological polar surface area (TPSA) is 66.4 Å². The van der Waals surface area contributed by atoms with Gasteiger partial charge in [0, 0.05) is 16.9 Å². The molecule has 1 aliphatic rings. The lowest BCUT2D eigenvalue weighted by Crippen LogP contribution is -2.35. The van der Waals surface area contributed by atoms with Gasteiger partial charge in [0.2, 0.25) is 5.91 Å². The lowest BCUT2D eigenvalue weighted by atomic mass is 9.81. The first-order chi connectivity index (χ1) is 9.56. The van der Waals surface area contributed by atoms with Gasteiger partial charge in [-0.05, 0) is 37.0 Å². The molecule has 2 atom stereocenters. The summed E-state index contributed by atoms with van der Waals surface area (Å²) in [6, 6.07) is 7.77. The van der Waals surface area contributed by atoms with Gasteiger partial charge in [-0.3, -0.25) is 9.59 Å². The van der Waals surface area contributed by atoms with Crippen molar-refractivity contribution in [2.75, 3.05) is 0 Å². The Balaban J connectivity index is 1.85. The molecule has 5 heteroatoms. The van der Waals surface area contributed by atoms with Crippen LogP contribution in [0.4, 0.5) is 0 Å². The average molecular weight is 340 g/mol. The lowest BCUT2D eigenvalue weighted by Gasteiger charge is -2.25. The largest absolute Gasteiger partial charge is 0.481 e. The molecule has 0 spiro atoms. The van der Waals surface area contributed by atoms with Crippen LogP contribution >= 0.6 is 15.9 Å². The Labute approximate surface area is 126 Å². The van der Waals surface area contributed by atoms with Gasteiger partial charge in [0.05, 0.1) is 5.92 Å². The van der Waals surface area contributed by atoms with Crippen LogP contribution in [-0.2, 0) is 16.1 Å². The third kappa shape index (κ3) is 4.07. The maximum atomic E-state index is 12.1. The van der Waals surface area contributed by atoms with Gasteiger partial charge < -0.3 is 10.4 Å². The number of aliphatic carboxylic acids is 1. The van der Waals surface area contributed by atoms with E-state index in [-0.39, 0.29) is 17.7 Å². The zero-order valence-corrected chi connectivity index (χ0v) is 12.7. The second-order valence-corrected chi connectivity index (χ2v) is 6.16. The molecule has 2 N–H and O–H groups in total. The monoisotopic (exact) mass is 339 g/mol. The summed E-state index contributed by atoms with van der Waals surface area (Å²) in [5.74, 6) is -1.35. The Kier molecular flexibility index (Phi) is 5.17. The number of hydrogen-bond acceptors (Lipinski definition) is 2. The molecule has 1 aromatic carbocycles. The first-order valence-corrected chi connectivity index (χ1v) is 7.60. The Morgan fingerprint density at radius 3 is 2.50 bits per heavy atom. The van der Waals surface area contributed by atoms with Gasteiger partial charge in [-0.1, -0.05) is 34.5 Å². The van der Waals surface area contributed by atoms with Gasteiger partial charge >= 0.3 is 5.97 Å². The maximum Gasteiger partial charge on any atom is 0.306 e. The number of amides is 1. The molecule has 0 unspecified atom stereocenters. The fraction of sp³-hybridized carbons (Fsp3) is 0.467. The van der Waals surface area contributed by atoms with Crippen molar-refractivity contribution < 1.29 is 14.7 Å². The highest BCUT2D eigenvalue weighted by Crippen LogP contribution is 2.29. The standard InChI is InChI=1S/C15H18BrNO3/c16-13-6-4-10(5-7-13)9-17-14(18)11-2-1-3-12(8-11)15(19)20/h4-7,11-12H,1-3,8-9H2,(H,17,18)(H,19,20)/t11-,12+/m0/s1. The number of rotatable bonds is 4. The van der Waals surface area contributed by atoms with Crippen LogP contribution < -0.4 is 5.32 Å². The van der Waals surface area contributed by atoms with Crippen molar-refractivity contribution >= 4 is 27.8 Å². The van der Waals surface area contributed by atoms with Crippen molar-refractivity contribution in [2.45, 2.75) is 32.2 Å². The second kappa shape index (κ2) is 6.88. The van der Waals surface area contributed by atoms with Crippen molar-refractivity contribution in [1.82, 2.24) is 5.32 Å². The summed E-state index contributed by atoms with van der Waals surface area (Å²) in [4.78, 5) is 23.1. The van der Waals surface area contributed by atoms with Gasteiger partial charge in [-0.25, -0.2) is 0 Å². The van der Waals surface area contributed by atoms with Crippen molar-refractivity contribution in [3.05, 3.63) is 34.3 Å². The molecule has 0 heterocycles. The van der Waals surface area contributed by atoms with E-state index in [1.54, 1.807) is 0 Å². The highest BCUT2D eigenvalue weighted by atomic mass is 79.9. The molecule has 1 amide bonds. The molecule has 2 rings (SSSR count). The van der Waals surface area contributed by atoms with Crippen LogP contribution in [-0.4, -0.2) is 17.0 Å². The normalized spacial score (nSPS) is 22.2. The first-order valence-electron chi connectivity index (χ1n) is 6.81.